The Bertz CT molecular complexity index is 480. The standard InChI is InChI=1S/C17H26N2O3S/c1-13-4-6-14(7-5-13)21-12-17(20)19(16-8-9-22-18-16)11-15-3-2-10-23-15/h2-3,10,13-14,16,18H,4-9,11-12H2,1H3. The molecule has 0 aromatic carbocycles. The summed E-state index contributed by atoms with van der Waals surface area (Å²) in [5, 5.41) is 2.04. The fourth-order valence-corrected chi connectivity index (χ4v) is 3.92. The van der Waals surface area contributed by atoms with E-state index in [-0.39, 0.29) is 24.8 Å². The first-order chi connectivity index (χ1) is 11.2. The molecule has 1 aliphatic carbocycles. The lowest BCUT2D eigenvalue weighted by atomic mass is 9.89. The molecule has 128 valence electrons. The average molecular weight is 338 g/mol. The molecule has 5 nitrogen and oxygen atoms in total. The predicted octanol–water partition coefficient (Wildman–Crippen LogP) is 2.92. The smallest absolute Gasteiger partial charge is 0.250 e. The normalized spacial score (nSPS) is 28.0. The first kappa shape index (κ1) is 16.9. The number of carbonyl (C=O) groups is 1. The van der Waals surface area contributed by atoms with Crippen LogP contribution in [0, 0.1) is 5.92 Å². The Kier molecular flexibility index (Phi) is 6.05. The van der Waals surface area contributed by atoms with E-state index in [9.17, 15) is 4.79 Å². The summed E-state index contributed by atoms with van der Waals surface area (Å²) in [7, 11) is 0. The third-order valence-electron chi connectivity index (χ3n) is 4.72. The van der Waals surface area contributed by atoms with Crippen molar-refractivity contribution in [1.82, 2.24) is 10.4 Å². The number of hydroxylamine groups is 1. The molecule has 3 rings (SSSR count). The van der Waals surface area contributed by atoms with E-state index in [1.54, 1.807) is 11.3 Å². The van der Waals surface area contributed by atoms with E-state index in [4.69, 9.17) is 9.57 Å². The lowest BCUT2D eigenvalue weighted by Gasteiger charge is -2.30. The third kappa shape index (κ3) is 4.76. The van der Waals surface area contributed by atoms with Gasteiger partial charge in [0, 0.05) is 11.3 Å². The molecule has 23 heavy (non-hydrogen) atoms. The number of nitrogens with one attached hydrogen (secondary N) is 1. The van der Waals surface area contributed by atoms with E-state index in [1.807, 2.05) is 16.3 Å². The largest absolute Gasteiger partial charge is 0.368 e. The van der Waals surface area contributed by atoms with E-state index in [2.05, 4.69) is 18.5 Å². The molecule has 1 amide bonds. The molecular formula is C17H26N2O3S. The second-order valence-electron chi connectivity index (χ2n) is 6.56. The number of nitrogens with zero attached hydrogens (tertiary/aromatic N) is 1. The van der Waals surface area contributed by atoms with Gasteiger partial charge in [-0.1, -0.05) is 13.0 Å². The number of amides is 1. The summed E-state index contributed by atoms with van der Waals surface area (Å²) in [6.45, 7) is 3.71. The van der Waals surface area contributed by atoms with Crippen LogP contribution in [-0.4, -0.2) is 36.3 Å². The Morgan fingerprint density at radius 3 is 2.87 bits per heavy atom. The van der Waals surface area contributed by atoms with Crippen molar-refractivity contribution in [3.63, 3.8) is 0 Å². The maximum atomic E-state index is 12.7. The first-order valence-electron chi connectivity index (χ1n) is 8.53. The number of rotatable bonds is 6. The van der Waals surface area contributed by atoms with Crippen LogP contribution in [0.15, 0.2) is 17.5 Å². The van der Waals surface area contributed by atoms with Gasteiger partial charge in [0.1, 0.15) is 12.8 Å². The summed E-state index contributed by atoms with van der Waals surface area (Å²) in [4.78, 5) is 20.9. The van der Waals surface area contributed by atoms with Crippen molar-refractivity contribution in [2.75, 3.05) is 13.2 Å². The van der Waals surface area contributed by atoms with Crippen LogP contribution < -0.4 is 5.48 Å². The second-order valence-corrected chi connectivity index (χ2v) is 7.60. The Morgan fingerprint density at radius 1 is 1.39 bits per heavy atom. The molecule has 1 N–H and O–H groups in total. The van der Waals surface area contributed by atoms with E-state index in [1.165, 1.54) is 17.7 Å². The lowest BCUT2D eigenvalue weighted by Crippen LogP contribution is -2.46. The quantitative estimate of drug-likeness (QED) is 0.866. The topological polar surface area (TPSA) is 50.8 Å². The van der Waals surface area contributed by atoms with Gasteiger partial charge in [-0.25, -0.2) is 0 Å². The molecule has 0 bridgehead atoms. The Hall–Kier alpha value is -0.950. The highest BCUT2D eigenvalue weighted by Crippen LogP contribution is 2.25. The average Bonchev–Trinajstić information content (AvgIpc) is 3.25. The molecule has 1 saturated carbocycles. The molecule has 2 heterocycles. The van der Waals surface area contributed by atoms with Crippen LogP contribution in [0.25, 0.3) is 0 Å². The molecule has 0 radical (unpaired) electrons. The van der Waals surface area contributed by atoms with Gasteiger partial charge >= 0.3 is 0 Å². The van der Waals surface area contributed by atoms with Gasteiger partial charge in [-0.3, -0.25) is 9.63 Å². The van der Waals surface area contributed by atoms with Gasteiger partial charge in [0.25, 0.3) is 0 Å². The van der Waals surface area contributed by atoms with Gasteiger partial charge in [0.15, 0.2) is 0 Å². The van der Waals surface area contributed by atoms with Gasteiger partial charge in [-0.2, -0.15) is 5.48 Å². The number of ether oxygens (including phenoxy) is 1. The molecule has 1 atom stereocenters. The highest BCUT2D eigenvalue weighted by molar-refractivity contribution is 7.09. The minimum atomic E-state index is -0.0559. The van der Waals surface area contributed by atoms with E-state index in [0.29, 0.717) is 13.2 Å². The molecule has 1 aromatic heterocycles. The number of carbonyl (C=O) groups excluding carboxylic acids is 1. The minimum absolute atomic E-state index is 0.0417. The Labute approximate surface area is 141 Å². The maximum Gasteiger partial charge on any atom is 0.250 e. The van der Waals surface area contributed by atoms with Crippen LogP contribution in [0.3, 0.4) is 0 Å². The van der Waals surface area contributed by atoms with Crippen LogP contribution in [0.4, 0.5) is 0 Å². The van der Waals surface area contributed by atoms with Gasteiger partial charge in [-0.05, 0) is 43.0 Å². The molecule has 1 unspecified atom stereocenters. The molecule has 2 fully saturated rings. The molecule has 2 aliphatic rings. The first-order valence-corrected chi connectivity index (χ1v) is 9.41. The molecule has 6 heteroatoms. The van der Waals surface area contributed by atoms with Crippen LogP contribution in [0.1, 0.15) is 43.9 Å². The zero-order chi connectivity index (χ0) is 16.1. The van der Waals surface area contributed by atoms with Crippen molar-refractivity contribution >= 4 is 17.2 Å². The molecule has 1 aliphatic heterocycles. The number of thiophene rings is 1. The van der Waals surface area contributed by atoms with Crippen molar-refractivity contribution in [2.24, 2.45) is 5.92 Å². The fraction of sp³-hybridized carbons (Fsp3) is 0.706. The Balaban J connectivity index is 1.54. The highest BCUT2D eigenvalue weighted by atomic mass is 32.1. The number of hydrogen-bond donors (Lipinski definition) is 1. The summed E-state index contributed by atoms with van der Waals surface area (Å²) in [6.07, 6.45) is 5.56. The van der Waals surface area contributed by atoms with Gasteiger partial charge < -0.3 is 9.64 Å². The van der Waals surface area contributed by atoms with E-state index in [0.717, 1.165) is 25.2 Å². The number of hydrogen-bond acceptors (Lipinski definition) is 5. The van der Waals surface area contributed by atoms with Crippen LogP contribution in [0.2, 0.25) is 0 Å². The molecule has 0 spiro atoms. The van der Waals surface area contributed by atoms with Crippen molar-refractivity contribution in [1.29, 1.82) is 0 Å². The van der Waals surface area contributed by atoms with Gasteiger partial charge in [0.05, 0.1) is 19.3 Å². The zero-order valence-corrected chi connectivity index (χ0v) is 14.5. The van der Waals surface area contributed by atoms with Crippen molar-refractivity contribution in [3.8, 4) is 0 Å². The summed E-state index contributed by atoms with van der Waals surface area (Å²) in [5.41, 5.74) is 2.95. The van der Waals surface area contributed by atoms with Crippen molar-refractivity contribution in [2.45, 2.75) is 57.8 Å². The predicted molar refractivity (Wildman–Crippen MR) is 89.7 cm³/mol. The SMILES string of the molecule is CC1CCC(OCC(=O)N(Cc2cccs2)C2CCON2)CC1. The van der Waals surface area contributed by atoms with Crippen LogP contribution in [0.5, 0.6) is 0 Å². The van der Waals surface area contributed by atoms with Gasteiger partial charge in [0.2, 0.25) is 5.91 Å². The summed E-state index contributed by atoms with van der Waals surface area (Å²) >= 11 is 1.67. The monoisotopic (exact) mass is 338 g/mol. The van der Waals surface area contributed by atoms with E-state index < -0.39 is 0 Å². The fourth-order valence-electron chi connectivity index (χ4n) is 3.21. The Morgan fingerprint density at radius 2 is 2.22 bits per heavy atom. The third-order valence-corrected chi connectivity index (χ3v) is 5.58. The maximum absolute atomic E-state index is 12.7. The lowest BCUT2D eigenvalue weighted by molar-refractivity contribution is -0.144. The van der Waals surface area contributed by atoms with E-state index >= 15 is 0 Å². The highest BCUT2D eigenvalue weighted by Gasteiger charge is 2.28. The summed E-state index contributed by atoms with van der Waals surface area (Å²) < 4.78 is 5.90. The molecule has 1 saturated heterocycles. The van der Waals surface area contributed by atoms with Crippen molar-refractivity contribution in [3.05, 3.63) is 22.4 Å². The zero-order valence-electron chi connectivity index (χ0n) is 13.7. The van der Waals surface area contributed by atoms with Crippen molar-refractivity contribution < 1.29 is 14.4 Å². The second kappa shape index (κ2) is 8.24. The minimum Gasteiger partial charge on any atom is -0.368 e. The molecule has 1 aromatic rings. The van der Waals surface area contributed by atoms with Gasteiger partial charge in [-0.15, -0.1) is 11.3 Å². The van der Waals surface area contributed by atoms with Crippen LogP contribution >= 0.6 is 11.3 Å². The molecular weight excluding hydrogens is 312 g/mol. The summed E-state index contributed by atoms with van der Waals surface area (Å²) in [5.74, 6) is 0.834. The van der Waals surface area contributed by atoms with Crippen LogP contribution in [-0.2, 0) is 20.9 Å². The summed E-state index contributed by atoms with van der Waals surface area (Å²) in [6, 6.07) is 4.07.